The molecule has 0 radical (unpaired) electrons. The van der Waals surface area contributed by atoms with Gasteiger partial charge in [0.15, 0.2) is 0 Å². The molecule has 1 aromatic carbocycles. The topological polar surface area (TPSA) is 55.1 Å². The Morgan fingerprint density at radius 1 is 0.963 bits per heavy atom. The van der Waals surface area contributed by atoms with Crippen LogP contribution in [-0.4, -0.2) is 19.4 Å². The molecule has 0 aliphatic heterocycles. The van der Waals surface area contributed by atoms with Crippen LogP contribution in [0.25, 0.3) is 17.0 Å². The van der Waals surface area contributed by atoms with E-state index >= 15 is 0 Å². The van der Waals surface area contributed by atoms with Gasteiger partial charge in [-0.2, -0.15) is 13.2 Å². The van der Waals surface area contributed by atoms with Crippen LogP contribution in [0.15, 0.2) is 61.1 Å². The maximum absolute atomic E-state index is 12.7. The number of hydrogen-bond donors (Lipinski definition) is 1. The molecule has 0 aliphatic carbocycles. The van der Waals surface area contributed by atoms with Gasteiger partial charge in [0.1, 0.15) is 17.2 Å². The number of fused-ring (bicyclic) bond motifs is 1. The molecular formula is C19H14F3N5. The maximum atomic E-state index is 12.7. The summed E-state index contributed by atoms with van der Waals surface area (Å²) in [6.45, 7) is 1.89. The minimum absolute atomic E-state index is 0.428. The highest BCUT2D eigenvalue weighted by molar-refractivity contribution is 5.65. The van der Waals surface area contributed by atoms with Crippen molar-refractivity contribution >= 4 is 17.2 Å². The third kappa shape index (κ3) is 3.33. The summed E-state index contributed by atoms with van der Waals surface area (Å²) < 4.78 is 39.9. The van der Waals surface area contributed by atoms with Crippen LogP contribution in [0.3, 0.4) is 0 Å². The summed E-state index contributed by atoms with van der Waals surface area (Å²) >= 11 is 0. The predicted molar refractivity (Wildman–Crippen MR) is 95.7 cm³/mol. The van der Waals surface area contributed by atoms with Gasteiger partial charge in [-0.05, 0) is 43.3 Å². The van der Waals surface area contributed by atoms with Crippen LogP contribution >= 0.6 is 0 Å². The lowest BCUT2D eigenvalue weighted by atomic mass is 10.2. The summed E-state index contributed by atoms with van der Waals surface area (Å²) in [7, 11) is 0. The average Bonchev–Trinajstić information content (AvgIpc) is 2.97. The number of halogens is 3. The van der Waals surface area contributed by atoms with Gasteiger partial charge in [-0.3, -0.25) is 9.38 Å². The van der Waals surface area contributed by atoms with E-state index < -0.39 is 11.7 Å². The minimum atomic E-state index is -4.36. The summed E-state index contributed by atoms with van der Waals surface area (Å²) in [5, 5.41) is 2.98. The lowest BCUT2D eigenvalue weighted by Gasteiger charge is -2.10. The monoisotopic (exact) mass is 369 g/mol. The van der Waals surface area contributed by atoms with E-state index in [0.717, 1.165) is 29.2 Å². The number of aromatic nitrogens is 4. The normalized spacial score (nSPS) is 11.7. The molecule has 136 valence electrons. The predicted octanol–water partition coefficient (Wildman–Crippen LogP) is 4.86. The molecule has 3 heterocycles. The third-order valence-corrected chi connectivity index (χ3v) is 4.07. The maximum Gasteiger partial charge on any atom is 0.416 e. The van der Waals surface area contributed by atoms with Crippen molar-refractivity contribution in [3.63, 3.8) is 0 Å². The number of hydrogen-bond acceptors (Lipinski definition) is 4. The van der Waals surface area contributed by atoms with Gasteiger partial charge in [0.25, 0.3) is 0 Å². The lowest BCUT2D eigenvalue weighted by molar-refractivity contribution is -0.137. The van der Waals surface area contributed by atoms with Crippen molar-refractivity contribution in [3.05, 3.63) is 72.3 Å². The van der Waals surface area contributed by atoms with Gasteiger partial charge in [0, 0.05) is 11.9 Å². The van der Waals surface area contributed by atoms with Crippen molar-refractivity contribution in [1.29, 1.82) is 0 Å². The molecule has 0 bridgehead atoms. The molecule has 5 nitrogen and oxygen atoms in total. The summed E-state index contributed by atoms with van der Waals surface area (Å²) in [4.78, 5) is 13.2. The Hall–Kier alpha value is -3.42. The van der Waals surface area contributed by atoms with Crippen LogP contribution in [0.4, 0.5) is 24.7 Å². The van der Waals surface area contributed by atoms with Gasteiger partial charge in [0.05, 0.1) is 29.3 Å². The van der Waals surface area contributed by atoms with Gasteiger partial charge < -0.3 is 5.32 Å². The average molecular weight is 369 g/mol. The summed E-state index contributed by atoms with van der Waals surface area (Å²) in [6, 6.07) is 10.5. The van der Waals surface area contributed by atoms with E-state index in [-0.39, 0.29) is 0 Å². The fourth-order valence-corrected chi connectivity index (χ4v) is 2.85. The number of imidazole rings is 1. The zero-order valence-corrected chi connectivity index (χ0v) is 14.2. The standard InChI is InChI=1S/C19H14F3N5/c1-12-18(27-9-3-2-4-17(27)24-12)15-10-23-11-16(26-15)25-14-7-5-13(6-8-14)19(20,21)22/h2-11H,1H3,(H,25,26). The van der Waals surface area contributed by atoms with Gasteiger partial charge in [0.2, 0.25) is 0 Å². The molecule has 0 fully saturated rings. The Balaban J connectivity index is 1.66. The third-order valence-electron chi connectivity index (χ3n) is 4.07. The molecule has 4 rings (SSSR count). The number of pyridine rings is 1. The first-order chi connectivity index (χ1) is 12.9. The van der Waals surface area contributed by atoms with Crippen LogP contribution < -0.4 is 5.32 Å². The Kier molecular flexibility index (Phi) is 4.02. The second-order valence-corrected chi connectivity index (χ2v) is 5.96. The molecule has 8 heteroatoms. The number of rotatable bonds is 3. The Morgan fingerprint density at radius 3 is 2.48 bits per heavy atom. The van der Waals surface area contributed by atoms with E-state index in [0.29, 0.717) is 17.2 Å². The smallest absolute Gasteiger partial charge is 0.339 e. The molecule has 0 atom stereocenters. The number of benzene rings is 1. The van der Waals surface area contributed by atoms with E-state index in [2.05, 4.69) is 20.3 Å². The lowest BCUT2D eigenvalue weighted by Crippen LogP contribution is -2.04. The Labute approximate surface area is 152 Å². The fourth-order valence-electron chi connectivity index (χ4n) is 2.85. The van der Waals surface area contributed by atoms with E-state index in [9.17, 15) is 13.2 Å². The van der Waals surface area contributed by atoms with Crippen molar-refractivity contribution in [2.24, 2.45) is 0 Å². The molecule has 4 aromatic rings. The minimum Gasteiger partial charge on any atom is -0.339 e. The van der Waals surface area contributed by atoms with Gasteiger partial charge in [-0.1, -0.05) is 6.07 Å². The van der Waals surface area contributed by atoms with Crippen LogP contribution in [-0.2, 0) is 6.18 Å². The highest BCUT2D eigenvalue weighted by Gasteiger charge is 2.29. The van der Waals surface area contributed by atoms with Crippen molar-refractivity contribution in [2.45, 2.75) is 13.1 Å². The molecular weight excluding hydrogens is 355 g/mol. The second kappa shape index (κ2) is 6.39. The van der Waals surface area contributed by atoms with E-state index in [4.69, 9.17) is 0 Å². The Morgan fingerprint density at radius 2 is 1.74 bits per heavy atom. The van der Waals surface area contributed by atoms with Crippen molar-refractivity contribution in [1.82, 2.24) is 19.4 Å². The second-order valence-electron chi connectivity index (χ2n) is 5.96. The van der Waals surface area contributed by atoms with E-state index in [1.807, 2.05) is 35.7 Å². The molecule has 3 aromatic heterocycles. The van der Waals surface area contributed by atoms with E-state index in [1.165, 1.54) is 18.3 Å². The van der Waals surface area contributed by atoms with Crippen molar-refractivity contribution in [3.8, 4) is 11.4 Å². The Bertz CT molecular complexity index is 1100. The van der Waals surface area contributed by atoms with Crippen LogP contribution in [0, 0.1) is 6.92 Å². The van der Waals surface area contributed by atoms with Gasteiger partial charge in [-0.25, -0.2) is 9.97 Å². The first-order valence-electron chi connectivity index (χ1n) is 8.12. The highest BCUT2D eigenvalue weighted by Crippen LogP contribution is 2.30. The number of nitrogens with zero attached hydrogens (tertiary/aromatic N) is 4. The molecule has 27 heavy (non-hydrogen) atoms. The zero-order valence-electron chi connectivity index (χ0n) is 14.2. The van der Waals surface area contributed by atoms with Gasteiger partial charge >= 0.3 is 6.18 Å². The summed E-state index contributed by atoms with van der Waals surface area (Å²) in [5.41, 5.74) is 2.82. The quantitative estimate of drug-likeness (QED) is 0.560. The number of nitrogens with one attached hydrogen (secondary N) is 1. The zero-order chi connectivity index (χ0) is 19.0. The first kappa shape index (κ1) is 17.0. The van der Waals surface area contributed by atoms with Crippen molar-refractivity contribution < 1.29 is 13.2 Å². The molecule has 1 N–H and O–H groups in total. The largest absolute Gasteiger partial charge is 0.416 e. The van der Waals surface area contributed by atoms with Crippen LogP contribution in [0.1, 0.15) is 11.3 Å². The molecule has 0 spiro atoms. The fraction of sp³-hybridized carbons (Fsp3) is 0.105. The van der Waals surface area contributed by atoms with Gasteiger partial charge in [-0.15, -0.1) is 0 Å². The molecule has 0 unspecified atom stereocenters. The summed E-state index contributed by atoms with van der Waals surface area (Å²) in [5.74, 6) is 0.428. The van der Waals surface area contributed by atoms with Crippen LogP contribution in [0.2, 0.25) is 0 Å². The highest BCUT2D eigenvalue weighted by atomic mass is 19.4. The summed E-state index contributed by atoms with van der Waals surface area (Å²) in [6.07, 6.45) is 0.669. The van der Waals surface area contributed by atoms with Crippen LogP contribution in [0.5, 0.6) is 0 Å². The first-order valence-corrected chi connectivity index (χ1v) is 8.12. The molecule has 0 aliphatic rings. The molecule has 0 saturated carbocycles. The number of aryl methyl sites for hydroxylation is 1. The molecule has 0 amide bonds. The number of anilines is 2. The van der Waals surface area contributed by atoms with Crippen molar-refractivity contribution in [2.75, 3.05) is 5.32 Å². The molecule has 0 saturated heterocycles. The number of alkyl halides is 3. The van der Waals surface area contributed by atoms with E-state index in [1.54, 1.807) is 6.20 Å². The SMILES string of the molecule is Cc1nc2ccccn2c1-c1cncc(Nc2ccc(C(F)(F)F)cc2)n1.